The number of rotatable bonds is 5. The lowest BCUT2D eigenvalue weighted by Gasteiger charge is -2.15. The normalized spacial score (nSPS) is 11.8. The Morgan fingerprint density at radius 1 is 1.04 bits per heavy atom. The topological polar surface area (TPSA) is 52.5 Å². The second-order valence-corrected chi connectivity index (χ2v) is 5.74. The van der Waals surface area contributed by atoms with E-state index in [2.05, 4.69) is 40.3 Å². The molecule has 3 rings (SSSR count). The maximum atomic E-state index is 8.89. The SMILES string of the molecule is N#CCc1[nH]c(C(Cc2ccccc2)c2ccccc2)nc1Cl. The van der Waals surface area contributed by atoms with Gasteiger partial charge in [-0.25, -0.2) is 4.98 Å². The molecule has 1 aromatic heterocycles. The molecule has 2 aromatic carbocycles. The van der Waals surface area contributed by atoms with E-state index < -0.39 is 0 Å². The van der Waals surface area contributed by atoms with E-state index in [4.69, 9.17) is 16.9 Å². The number of nitrogens with one attached hydrogen (secondary N) is 1. The zero-order chi connectivity index (χ0) is 16.1. The van der Waals surface area contributed by atoms with Crippen molar-refractivity contribution >= 4 is 11.6 Å². The molecule has 0 spiro atoms. The van der Waals surface area contributed by atoms with Gasteiger partial charge in [0.2, 0.25) is 0 Å². The summed E-state index contributed by atoms with van der Waals surface area (Å²) in [7, 11) is 0. The van der Waals surface area contributed by atoms with Crippen molar-refractivity contribution in [3.8, 4) is 6.07 Å². The number of aromatic nitrogens is 2. The molecule has 1 heterocycles. The first-order valence-corrected chi connectivity index (χ1v) is 7.86. The molecule has 0 saturated heterocycles. The first-order chi connectivity index (χ1) is 11.3. The standard InChI is InChI=1S/C19H16ClN3/c20-18-17(11-12-21)22-19(23-18)16(15-9-5-2-6-10-15)13-14-7-3-1-4-8-14/h1-10,16H,11,13H2,(H,22,23). The Kier molecular flexibility index (Phi) is 4.75. The number of benzene rings is 2. The molecular formula is C19H16ClN3. The number of imidazole rings is 1. The number of aromatic amines is 1. The van der Waals surface area contributed by atoms with Gasteiger partial charge in [-0.1, -0.05) is 72.3 Å². The molecule has 3 nitrogen and oxygen atoms in total. The van der Waals surface area contributed by atoms with Crippen LogP contribution >= 0.6 is 11.6 Å². The Hall–Kier alpha value is -2.57. The van der Waals surface area contributed by atoms with E-state index in [-0.39, 0.29) is 12.3 Å². The minimum Gasteiger partial charge on any atom is -0.343 e. The monoisotopic (exact) mass is 321 g/mol. The Morgan fingerprint density at radius 2 is 1.70 bits per heavy atom. The van der Waals surface area contributed by atoms with Crippen LogP contribution in [-0.2, 0) is 12.8 Å². The molecule has 0 bridgehead atoms. The zero-order valence-electron chi connectivity index (χ0n) is 12.5. The van der Waals surface area contributed by atoms with Gasteiger partial charge in [0.25, 0.3) is 0 Å². The highest BCUT2D eigenvalue weighted by atomic mass is 35.5. The van der Waals surface area contributed by atoms with Gasteiger partial charge >= 0.3 is 0 Å². The zero-order valence-corrected chi connectivity index (χ0v) is 13.3. The van der Waals surface area contributed by atoms with Crippen molar-refractivity contribution in [3.05, 3.63) is 88.5 Å². The van der Waals surface area contributed by atoms with Gasteiger partial charge in [-0.15, -0.1) is 0 Å². The van der Waals surface area contributed by atoms with E-state index in [0.717, 1.165) is 12.2 Å². The number of H-pyrrole nitrogens is 1. The van der Waals surface area contributed by atoms with Gasteiger partial charge in [0.1, 0.15) is 5.82 Å². The summed E-state index contributed by atoms with van der Waals surface area (Å²) < 4.78 is 0. The van der Waals surface area contributed by atoms with Crippen LogP contribution in [0.25, 0.3) is 0 Å². The number of hydrogen-bond acceptors (Lipinski definition) is 2. The van der Waals surface area contributed by atoms with Gasteiger partial charge in [-0.05, 0) is 17.5 Å². The van der Waals surface area contributed by atoms with Crippen LogP contribution in [0.15, 0.2) is 60.7 Å². The smallest absolute Gasteiger partial charge is 0.151 e. The molecule has 0 aliphatic rings. The van der Waals surface area contributed by atoms with Crippen LogP contribution in [0.2, 0.25) is 5.15 Å². The Balaban J connectivity index is 1.98. The first kappa shape index (κ1) is 15.3. The van der Waals surface area contributed by atoms with Crippen molar-refractivity contribution in [2.45, 2.75) is 18.8 Å². The lowest BCUT2D eigenvalue weighted by atomic mass is 9.91. The van der Waals surface area contributed by atoms with E-state index in [1.807, 2.05) is 36.4 Å². The summed E-state index contributed by atoms with van der Waals surface area (Å²) in [4.78, 5) is 7.70. The minimum atomic E-state index is 0.0727. The number of halogens is 1. The van der Waals surface area contributed by atoms with Crippen LogP contribution in [0, 0.1) is 11.3 Å². The van der Waals surface area contributed by atoms with Gasteiger partial charge in [0.05, 0.1) is 18.2 Å². The summed E-state index contributed by atoms with van der Waals surface area (Å²) in [6, 6.07) is 22.6. The fraction of sp³-hybridized carbons (Fsp3) is 0.158. The fourth-order valence-electron chi connectivity index (χ4n) is 2.68. The second-order valence-electron chi connectivity index (χ2n) is 5.38. The van der Waals surface area contributed by atoms with Gasteiger partial charge in [-0.3, -0.25) is 0 Å². The summed E-state index contributed by atoms with van der Waals surface area (Å²) in [6.45, 7) is 0. The molecule has 114 valence electrons. The van der Waals surface area contributed by atoms with Crippen molar-refractivity contribution in [2.75, 3.05) is 0 Å². The Morgan fingerprint density at radius 3 is 2.35 bits per heavy atom. The van der Waals surface area contributed by atoms with E-state index in [1.54, 1.807) is 0 Å². The van der Waals surface area contributed by atoms with Gasteiger partial charge in [0.15, 0.2) is 5.15 Å². The summed E-state index contributed by atoms with van der Waals surface area (Å²) in [5.74, 6) is 0.874. The van der Waals surface area contributed by atoms with Crippen LogP contribution in [0.5, 0.6) is 0 Å². The van der Waals surface area contributed by atoms with Crippen LogP contribution in [0.1, 0.15) is 28.6 Å². The Bertz CT molecular complexity index is 804. The number of nitriles is 1. The molecule has 23 heavy (non-hydrogen) atoms. The quantitative estimate of drug-likeness (QED) is 0.752. The molecule has 0 aliphatic heterocycles. The molecule has 0 amide bonds. The van der Waals surface area contributed by atoms with Crippen LogP contribution in [-0.4, -0.2) is 9.97 Å². The molecule has 1 unspecified atom stereocenters. The summed E-state index contributed by atoms with van der Waals surface area (Å²) in [5, 5.41) is 9.27. The van der Waals surface area contributed by atoms with Crippen LogP contribution in [0.3, 0.4) is 0 Å². The first-order valence-electron chi connectivity index (χ1n) is 7.48. The highest BCUT2D eigenvalue weighted by molar-refractivity contribution is 6.30. The van der Waals surface area contributed by atoms with Gasteiger partial charge in [-0.2, -0.15) is 5.26 Å². The predicted molar refractivity (Wildman–Crippen MR) is 91.3 cm³/mol. The van der Waals surface area contributed by atoms with Crippen molar-refractivity contribution in [1.82, 2.24) is 9.97 Å². The van der Waals surface area contributed by atoms with Crippen molar-refractivity contribution in [3.63, 3.8) is 0 Å². The molecule has 0 fully saturated rings. The predicted octanol–water partition coefficient (Wildman–Crippen LogP) is 4.50. The third-order valence-electron chi connectivity index (χ3n) is 3.82. The minimum absolute atomic E-state index is 0.0727. The maximum Gasteiger partial charge on any atom is 0.151 e. The molecule has 0 saturated carbocycles. The van der Waals surface area contributed by atoms with Gasteiger partial charge in [0, 0.05) is 5.92 Å². The van der Waals surface area contributed by atoms with E-state index >= 15 is 0 Å². The largest absolute Gasteiger partial charge is 0.343 e. The number of hydrogen-bond donors (Lipinski definition) is 1. The molecule has 4 heteroatoms. The van der Waals surface area contributed by atoms with Crippen molar-refractivity contribution in [2.24, 2.45) is 0 Å². The Labute approximate surface area is 140 Å². The maximum absolute atomic E-state index is 8.89. The third kappa shape index (κ3) is 3.61. The van der Waals surface area contributed by atoms with E-state index in [9.17, 15) is 0 Å². The highest BCUT2D eigenvalue weighted by Crippen LogP contribution is 2.28. The average molecular weight is 322 g/mol. The van der Waals surface area contributed by atoms with E-state index in [1.165, 1.54) is 11.1 Å². The fourth-order valence-corrected chi connectivity index (χ4v) is 2.88. The lowest BCUT2D eigenvalue weighted by Crippen LogP contribution is -2.07. The highest BCUT2D eigenvalue weighted by Gasteiger charge is 2.20. The van der Waals surface area contributed by atoms with Gasteiger partial charge < -0.3 is 4.98 Å². The third-order valence-corrected chi connectivity index (χ3v) is 4.13. The molecule has 1 atom stereocenters. The van der Waals surface area contributed by atoms with Crippen LogP contribution < -0.4 is 0 Å². The molecule has 0 aliphatic carbocycles. The molecule has 0 radical (unpaired) electrons. The summed E-state index contributed by atoms with van der Waals surface area (Å²) in [5.41, 5.74) is 3.08. The second kappa shape index (κ2) is 7.13. The number of nitrogens with zero attached hydrogens (tertiary/aromatic N) is 2. The summed E-state index contributed by atoms with van der Waals surface area (Å²) >= 11 is 6.16. The molecular weight excluding hydrogens is 306 g/mol. The average Bonchev–Trinajstić information content (AvgIpc) is 2.95. The van der Waals surface area contributed by atoms with E-state index in [0.29, 0.717) is 10.8 Å². The lowest BCUT2D eigenvalue weighted by molar-refractivity contribution is 0.749. The van der Waals surface area contributed by atoms with Crippen molar-refractivity contribution in [1.29, 1.82) is 5.26 Å². The van der Waals surface area contributed by atoms with Crippen LogP contribution in [0.4, 0.5) is 0 Å². The summed E-state index contributed by atoms with van der Waals surface area (Å²) in [6.07, 6.45) is 1.05. The van der Waals surface area contributed by atoms with Crippen molar-refractivity contribution < 1.29 is 0 Å². The molecule has 1 N–H and O–H groups in total. The molecule has 3 aromatic rings.